The summed E-state index contributed by atoms with van der Waals surface area (Å²) < 4.78 is 0. The molecule has 1 aromatic carbocycles. The van der Waals surface area contributed by atoms with Gasteiger partial charge in [-0.1, -0.05) is 18.2 Å². The van der Waals surface area contributed by atoms with E-state index < -0.39 is 0 Å². The minimum atomic E-state index is -0.384. The number of anilines is 3. The largest absolute Gasteiger partial charge is 0.355 e. The number of nitrogens with zero attached hydrogens (tertiary/aromatic N) is 6. The minimum Gasteiger partial charge on any atom is -0.320 e. The van der Waals surface area contributed by atoms with Crippen molar-refractivity contribution in [3.63, 3.8) is 0 Å². The van der Waals surface area contributed by atoms with Gasteiger partial charge in [0.05, 0.1) is 4.92 Å². The Labute approximate surface area is 157 Å². The van der Waals surface area contributed by atoms with Crippen molar-refractivity contribution in [2.45, 2.75) is 12.8 Å². The molecule has 2 aliphatic heterocycles. The van der Waals surface area contributed by atoms with Crippen LogP contribution in [0, 0.1) is 10.1 Å². The molecule has 142 valence electrons. The number of hydrogen-bond acceptors (Lipinski definition) is 8. The van der Waals surface area contributed by atoms with Crippen LogP contribution in [0.3, 0.4) is 0 Å². The summed E-state index contributed by atoms with van der Waals surface area (Å²) in [6.45, 7) is 4.05. The molecule has 0 radical (unpaired) electrons. The summed E-state index contributed by atoms with van der Waals surface area (Å²) in [4.78, 5) is 24.2. The molecule has 9 nitrogen and oxygen atoms in total. The Bertz CT molecular complexity index is 836. The van der Waals surface area contributed by atoms with Crippen molar-refractivity contribution < 1.29 is 4.92 Å². The predicted octanol–water partition coefficient (Wildman–Crippen LogP) is 2.04. The number of rotatable bonds is 4. The van der Waals surface area contributed by atoms with Crippen LogP contribution in [0.5, 0.6) is 0 Å². The lowest BCUT2D eigenvalue weighted by Crippen LogP contribution is -2.47. The average Bonchev–Trinajstić information content (AvgIpc) is 2.69. The van der Waals surface area contributed by atoms with Gasteiger partial charge in [0.15, 0.2) is 0 Å². The van der Waals surface area contributed by atoms with Gasteiger partial charge in [-0.05, 0) is 31.5 Å². The van der Waals surface area contributed by atoms with Crippen molar-refractivity contribution >= 4 is 23.0 Å². The lowest BCUT2D eigenvalue weighted by atomic mass is 10.0. The van der Waals surface area contributed by atoms with Crippen molar-refractivity contribution in [1.29, 1.82) is 0 Å². The molecule has 9 heteroatoms. The Kier molecular flexibility index (Phi) is 4.87. The maximum absolute atomic E-state index is 11.9. The van der Waals surface area contributed by atoms with Crippen LogP contribution in [0.1, 0.15) is 12.0 Å². The van der Waals surface area contributed by atoms with E-state index in [9.17, 15) is 10.1 Å². The van der Waals surface area contributed by atoms with Crippen molar-refractivity contribution in [2.75, 3.05) is 50.1 Å². The summed E-state index contributed by atoms with van der Waals surface area (Å²) in [7, 11) is 2.07. The first-order valence-electron chi connectivity index (χ1n) is 9.18. The molecule has 0 saturated carbocycles. The highest BCUT2D eigenvalue weighted by Gasteiger charge is 2.31. The Morgan fingerprint density at radius 1 is 1.11 bits per heavy atom. The third-order valence-electron chi connectivity index (χ3n) is 5.12. The third-order valence-corrected chi connectivity index (χ3v) is 5.12. The molecule has 1 aromatic heterocycles. The van der Waals surface area contributed by atoms with E-state index in [1.165, 1.54) is 11.9 Å². The SMILES string of the molecule is CN1CCN(Nc2ncnc(N3CCCc4ccccc43)c2[N+](=O)[O-])CC1. The number of para-hydroxylation sites is 1. The van der Waals surface area contributed by atoms with Crippen molar-refractivity contribution in [3.8, 4) is 0 Å². The van der Waals surface area contributed by atoms with E-state index in [4.69, 9.17) is 0 Å². The molecule has 0 bridgehead atoms. The highest BCUT2D eigenvalue weighted by atomic mass is 16.6. The number of piperazine rings is 1. The van der Waals surface area contributed by atoms with E-state index in [1.54, 1.807) is 0 Å². The van der Waals surface area contributed by atoms with E-state index in [0.717, 1.165) is 44.7 Å². The summed E-state index contributed by atoms with van der Waals surface area (Å²) in [6.07, 6.45) is 3.30. The van der Waals surface area contributed by atoms with Gasteiger partial charge in [-0.25, -0.2) is 15.0 Å². The molecule has 0 amide bonds. The molecule has 0 aliphatic carbocycles. The van der Waals surface area contributed by atoms with Gasteiger partial charge >= 0.3 is 5.69 Å². The maximum Gasteiger partial charge on any atom is 0.355 e. The number of hydrazine groups is 1. The quantitative estimate of drug-likeness (QED) is 0.647. The summed E-state index contributed by atoms with van der Waals surface area (Å²) in [5.41, 5.74) is 5.23. The summed E-state index contributed by atoms with van der Waals surface area (Å²) in [5, 5.41) is 13.9. The molecule has 27 heavy (non-hydrogen) atoms. The number of aromatic nitrogens is 2. The fourth-order valence-corrected chi connectivity index (χ4v) is 3.64. The molecule has 0 spiro atoms. The van der Waals surface area contributed by atoms with Crippen LogP contribution in [-0.4, -0.2) is 64.6 Å². The number of nitrogens with one attached hydrogen (secondary N) is 1. The first-order valence-corrected chi connectivity index (χ1v) is 9.18. The predicted molar refractivity (Wildman–Crippen MR) is 103 cm³/mol. The first-order chi connectivity index (χ1) is 13.1. The maximum atomic E-state index is 11.9. The zero-order valence-electron chi connectivity index (χ0n) is 15.3. The zero-order valence-corrected chi connectivity index (χ0v) is 15.3. The van der Waals surface area contributed by atoms with Gasteiger partial charge < -0.3 is 9.80 Å². The molecule has 3 heterocycles. The standard InChI is InChI=1S/C18H23N7O2/c1-22-9-11-23(12-10-22)21-17-16(25(26)27)18(20-13-19-17)24-8-4-6-14-5-2-3-7-15(14)24/h2-3,5,7,13H,4,6,8-12H2,1H3,(H,19,20,21). The highest BCUT2D eigenvalue weighted by Crippen LogP contribution is 2.39. The second kappa shape index (κ2) is 7.45. The van der Waals surface area contributed by atoms with Crippen LogP contribution in [0.4, 0.5) is 23.0 Å². The first kappa shape index (κ1) is 17.6. The van der Waals surface area contributed by atoms with Gasteiger partial charge in [0.25, 0.3) is 0 Å². The molecular weight excluding hydrogens is 346 g/mol. The summed E-state index contributed by atoms with van der Waals surface area (Å²) >= 11 is 0. The number of hydrogen-bond donors (Lipinski definition) is 1. The average molecular weight is 369 g/mol. The van der Waals surface area contributed by atoms with Gasteiger partial charge in [0.1, 0.15) is 6.33 Å². The topological polar surface area (TPSA) is 90.7 Å². The molecule has 1 N–H and O–H groups in total. The molecule has 1 fully saturated rings. The van der Waals surface area contributed by atoms with E-state index >= 15 is 0 Å². The van der Waals surface area contributed by atoms with Crippen molar-refractivity contribution in [3.05, 3.63) is 46.3 Å². The molecule has 0 unspecified atom stereocenters. The molecule has 4 rings (SSSR count). The van der Waals surface area contributed by atoms with Crippen LogP contribution in [0.2, 0.25) is 0 Å². The number of likely N-dealkylation sites (N-methyl/N-ethyl adjacent to an activating group) is 1. The molecule has 1 saturated heterocycles. The molecule has 2 aromatic rings. The summed E-state index contributed by atoms with van der Waals surface area (Å²) in [5.74, 6) is 0.594. The van der Waals surface area contributed by atoms with E-state index in [0.29, 0.717) is 12.4 Å². The van der Waals surface area contributed by atoms with Crippen molar-refractivity contribution in [1.82, 2.24) is 19.9 Å². The smallest absolute Gasteiger partial charge is 0.320 e. The lowest BCUT2D eigenvalue weighted by Gasteiger charge is -2.33. The highest BCUT2D eigenvalue weighted by molar-refractivity contribution is 5.77. The Morgan fingerprint density at radius 2 is 1.89 bits per heavy atom. The van der Waals surface area contributed by atoms with E-state index in [2.05, 4.69) is 33.4 Å². The zero-order chi connectivity index (χ0) is 18.8. The minimum absolute atomic E-state index is 0.0758. The van der Waals surface area contributed by atoms with Gasteiger partial charge in [-0.2, -0.15) is 0 Å². The van der Waals surface area contributed by atoms with Gasteiger partial charge in [0.2, 0.25) is 11.6 Å². The second-order valence-electron chi connectivity index (χ2n) is 6.94. The van der Waals surface area contributed by atoms with Crippen LogP contribution in [-0.2, 0) is 6.42 Å². The van der Waals surface area contributed by atoms with Gasteiger partial charge in [-0.15, -0.1) is 0 Å². The second-order valence-corrected chi connectivity index (χ2v) is 6.94. The monoisotopic (exact) mass is 369 g/mol. The third kappa shape index (κ3) is 3.56. The molecule has 0 atom stereocenters. The summed E-state index contributed by atoms with van der Waals surface area (Å²) in [6, 6.07) is 8.01. The molecule has 2 aliphatic rings. The van der Waals surface area contributed by atoms with Crippen LogP contribution in [0.25, 0.3) is 0 Å². The normalized spacial score (nSPS) is 18.2. The lowest BCUT2D eigenvalue weighted by molar-refractivity contribution is -0.383. The Balaban J connectivity index is 1.69. The Hall–Kier alpha value is -2.78. The Morgan fingerprint density at radius 3 is 2.67 bits per heavy atom. The van der Waals surface area contributed by atoms with Gasteiger partial charge in [-0.3, -0.25) is 15.5 Å². The van der Waals surface area contributed by atoms with Crippen LogP contribution >= 0.6 is 0 Å². The fourth-order valence-electron chi connectivity index (χ4n) is 3.64. The number of benzene rings is 1. The van der Waals surface area contributed by atoms with Gasteiger partial charge in [0, 0.05) is 38.4 Å². The molecular formula is C18H23N7O2. The number of aryl methyl sites for hydroxylation is 1. The number of nitro groups is 1. The van der Waals surface area contributed by atoms with E-state index in [-0.39, 0.29) is 16.4 Å². The van der Waals surface area contributed by atoms with Crippen molar-refractivity contribution in [2.24, 2.45) is 0 Å². The fraction of sp³-hybridized carbons (Fsp3) is 0.444. The number of fused-ring (bicyclic) bond motifs is 1. The van der Waals surface area contributed by atoms with Crippen LogP contribution in [0.15, 0.2) is 30.6 Å². The van der Waals surface area contributed by atoms with Crippen LogP contribution < -0.4 is 10.3 Å². The van der Waals surface area contributed by atoms with E-state index in [1.807, 2.05) is 28.1 Å².